The zero-order valence-corrected chi connectivity index (χ0v) is 32.5. The van der Waals surface area contributed by atoms with E-state index >= 15 is 0 Å². The smallest absolute Gasteiger partial charge is 0.0800 e. The number of hydrogen-bond acceptors (Lipinski definition) is 1. The molecule has 0 unspecified atom stereocenters. The maximum absolute atomic E-state index is 5.34. The minimum absolute atomic E-state index is 0.984. The lowest BCUT2D eigenvalue weighted by atomic mass is 10.0. The van der Waals surface area contributed by atoms with Crippen molar-refractivity contribution in [1.29, 1.82) is 0 Å². The van der Waals surface area contributed by atoms with Crippen molar-refractivity contribution in [3.8, 4) is 67.3 Å². The second kappa shape index (κ2) is 12.7. The summed E-state index contributed by atoms with van der Waals surface area (Å²) in [5.41, 5.74) is 18.8. The van der Waals surface area contributed by atoms with Crippen LogP contribution in [0.15, 0.2) is 212 Å². The zero-order valence-electron chi connectivity index (χ0n) is 32.5. The molecule has 0 amide bonds. The molecule has 1 aliphatic rings. The molecule has 0 radical (unpaired) electrons. The first-order chi connectivity index (χ1) is 29.7. The Morgan fingerprint density at radius 1 is 0.300 bits per heavy atom. The Balaban J connectivity index is 0.919. The van der Waals surface area contributed by atoms with Gasteiger partial charge in [0.05, 0.1) is 33.5 Å². The van der Waals surface area contributed by atoms with E-state index in [9.17, 15) is 0 Å². The monoisotopic (exact) mass is 761 g/mol. The normalized spacial score (nSPS) is 12.0. The molecule has 0 atom stereocenters. The molecule has 0 bridgehead atoms. The second-order valence-corrected chi connectivity index (χ2v) is 15.9. The summed E-state index contributed by atoms with van der Waals surface area (Å²) >= 11 is 0. The lowest BCUT2D eigenvalue weighted by Gasteiger charge is -2.12. The molecule has 9 aromatic carbocycles. The van der Waals surface area contributed by atoms with Gasteiger partial charge in [0.2, 0.25) is 0 Å². The molecule has 278 valence electrons. The third-order valence-electron chi connectivity index (χ3n) is 12.6. The lowest BCUT2D eigenvalue weighted by Crippen LogP contribution is -1.95. The first-order valence-electron chi connectivity index (χ1n) is 20.6. The van der Waals surface area contributed by atoms with Crippen LogP contribution in [-0.2, 0) is 0 Å². The number of rotatable bonds is 5. The predicted molar refractivity (Wildman–Crippen MR) is 251 cm³/mol. The molecular weight excluding hydrogens is 727 g/mol. The van der Waals surface area contributed by atoms with Gasteiger partial charge in [0.1, 0.15) is 0 Å². The molecule has 0 fully saturated rings. The number of nitrogens with zero attached hydrogens (tertiary/aromatic N) is 3. The number of pyridine rings is 1. The summed E-state index contributed by atoms with van der Waals surface area (Å²) in [4.78, 5) is 5.34. The molecule has 0 N–H and O–H groups in total. The average Bonchev–Trinajstić information content (AvgIpc) is 3.95. The highest BCUT2D eigenvalue weighted by Crippen LogP contribution is 2.47. The van der Waals surface area contributed by atoms with Gasteiger partial charge in [-0.25, -0.2) is 4.98 Å². The van der Waals surface area contributed by atoms with Crippen LogP contribution < -0.4 is 0 Å². The Bertz CT molecular complexity index is 3700. The van der Waals surface area contributed by atoms with Gasteiger partial charge in [-0.3, -0.25) is 0 Å². The quantitative estimate of drug-likeness (QED) is 0.171. The summed E-state index contributed by atoms with van der Waals surface area (Å²) in [6, 6.07) is 77.3. The van der Waals surface area contributed by atoms with Crippen molar-refractivity contribution in [1.82, 2.24) is 14.1 Å². The standard InChI is InChI=1S/C57H35N3/c1-2-12-36(13-3-1)37-24-28-42(29-25-37)59-52-22-8-6-18-45(52)49-33-38(26-30-54(49)59)39-27-31-55-50(34-39)46-19-7-9-23-53(46)60(55)43-16-10-14-40(32-43)51-35-41-15-11-21-47-44-17-4-5-20-48(44)57(58-51)56(41)47/h1-35H. The van der Waals surface area contributed by atoms with Crippen LogP contribution in [0.1, 0.15) is 0 Å². The minimum Gasteiger partial charge on any atom is -0.309 e. The highest BCUT2D eigenvalue weighted by Gasteiger charge is 2.23. The lowest BCUT2D eigenvalue weighted by molar-refractivity contribution is 1.18. The minimum atomic E-state index is 0.984. The van der Waals surface area contributed by atoms with E-state index in [0.717, 1.165) is 28.3 Å². The Kier molecular flexibility index (Phi) is 7.01. The second-order valence-electron chi connectivity index (χ2n) is 15.9. The summed E-state index contributed by atoms with van der Waals surface area (Å²) in [5, 5.41) is 7.43. The van der Waals surface area contributed by atoms with Crippen LogP contribution in [0.25, 0.3) is 122 Å². The highest BCUT2D eigenvalue weighted by atomic mass is 15.0. The summed E-state index contributed by atoms with van der Waals surface area (Å²) in [7, 11) is 0. The van der Waals surface area contributed by atoms with Gasteiger partial charge in [-0.05, 0) is 105 Å². The zero-order chi connectivity index (χ0) is 39.3. The molecule has 3 aromatic heterocycles. The Morgan fingerprint density at radius 3 is 1.55 bits per heavy atom. The fourth-order valence-corrected chi connectivity index (χ4v) is 9.90. The summed E-state index contributed by atoms with van der Waals surface area (Å²) in [6.45, 7) is 0. The Hall–Kier alpha value is -8.01. The van der Waals surface area contributed by atoms with Crippen molar-refractivity contribution < 1.29 is 0 Å². The van der Waals surface area contributed by atoms with Crippen LogP contribution in [0.5, 0.6) is 0 Å². The molecule has 60 heavy (non-hydrogen) atoms. The number of hydrogen-bond donors (Lipinski definition) is 0. The van der Waals surface area contributed by atoms with Crippen molar-refractivity contribution in [2.45, 2.75) is 0 Å². The van der Waals surface area contributed by atoms with Gasteiger partial charge in [-0.1, -0.05) is 146 Å². The van der Waals surface area contributed by atoms with E-state index in [0.29, 0.717) is 0 Å². The van der Waals surface area contributed by atoms with Crippen LogP contribution in [0.2, 0.25) is 0 Å². The number of benzene rings is 9. The molecule has 3 heterocycles. The van der Waals surface area contributed by atoms with E-state index in [-0.39, 0.29) is 0 Å². The average molecular weight is 762 g/mol. The van der Waals surface area contributed by atoms with E-state index < -0.39 is 0 Å². The van der Waals surface area contributed by atoms with Gasteiger partial charge in [0.15, 0.2) is 0 Å². The van der Waals surface area contributed by atoms with Gasteiger partial charge < -0.3 is 9.13 Å². The Labute approximate surface area is 346 Å². The highest BCUT2D eigenvalue weighted by molar-refractivity contribution is 6.15. The predicted octanol–water partition coefficient (Wildman–Crippen LogP) is 15.1. The van der Waals surface area contributed by atoms with Gasteiger partial charge in [0.25, 0.3) is 0 Å². The van der Waals surface area contributed by atoms with Crippen molar-refractivity contribution in [2.24, 2.45) is 0 Å². The molecule has 13 rings (SSSR count). The van der Waals surface area contributed by atoms with Crippen molar-refractivity contribution in [3.05, 3.63) is 212 Å². The molecule has 0 spiro atoms. The number of fused-ring (bicyclic) bond motifs is 9. The molecular formula is C57H35N3. The topological polar surface area (TPSA) is 22.8 Å². The van der Waals surface area contributed by atoms with E-state index in [1.54, 1.807) is 0 Å². The van der Waals surface area contributed by atoms with E-state index in [4.69, 9.17) is 4.98 Å². The summed E-state index contributed by atoms with van der Waals surface area (Å²) in [5.74, 6) is 0. The van der Waals surface area contributed by atoms with Gasteiger partial charge >= 0.3 is 0 Å². The van der Waals surface area contributed by atoms with Crippen molar-refractivity contribution in [2.75, 3.05) is 0 Å². The molecule has 0 aliphatic heterocycles. The van der Waals surface area contributed by atoms with Gasteiger partial charge in [0, 0.05) is 49.4 Å². The molecule has 12 aromatic rings. The Morgan fingerprint density at radius 2 is 0.833 bits per heavy atom. The van der Waals surface area contributed by atoms with E-state index in [2.05, 4.69) is 221 Å². The fraction of sp³-hybridized carbons (Fsp3) is 0. The number of aromatic nitrogens is 3. The van der Waals surface area contributed by atoms with Gasteiger partial charge in [-0.15, -0.1) is 0 Å². The SMILES string of the molecule is c1ccc(-c2ccc(-n3c4ccccc4c4cc(-c5ccc6c(c5)c5ccccc5n6-c5cccc(-c6cc7cccc8c7c(n6)-c6ccccc6-8)c5)ccc43)cc2)cc1. The molecule has 1 aliphatic carbocycles. The first kappa shape index (κ1) is 33.0. The largest absolute Gasteiger partial charge is 0.309 e. The molecule has 3 heteroatoms. The van der Waals surface area contributed by atoms with E-state index in [1.165, 1.54) is 93.3 Å². The fourth-order valence-electron chi connectivity index (χ4n) is 9.90. The van der Waals surface area contributed by atoms with Crippen LogP contribution in [0.3, 0.4) is 0 Å². The van der Waals surface area contributed by atoms with Crippen molar-refractivity contribution >= 4 is 54.4 Å². The summed E-state index contributed by atoms with van der Waals surface area (Å²) in [6.07, 6.45) is 0. The van der Waals surface area contributed by atoms with Crippen LogP contribution in [0.4, 0.5) is 0 Å². The van der Waals surface area contributed by atoms with Crippen LogP contribution in [-0.4, -0.2) is 14.1 Å². The number of para-hydroxylation sites is 2. The maximum atomic E-state index is 5.34. The molecule has 3 nitrogen and oxygen atoms in total. The van der Waals surface area contributed by atoms with Crippen LogP contribution in [0, 0.1) is 0 Å². The van der Waals surface area contributed by atoms with Crippen LogP contribution >= 0.6 is 0 Å². The third kappa shape index (κ3) is 4.87. The molecule has 0 saturated carbocycles. The maximum Gasteiger partial charge on any atom is 0.0800 e. The van der Waals surface area contributed by atoms with Crippen molar-refractivity contribution in [3.63, 3.8) is 0 Å². The third-order valence-corrected chi connectivity index (χ3v) is 12.6. The summed E-state index contributed by atoms with van der Waals surface area (Å²) < 4.78 is 4.80. The first-order valence-corrected chi connectivity index (χ1v) is 20.6. The van der Waals surface area contributed by atoms with Gasteiger partial charge in [-0.2, -0.15) is 0 Å². The van der Waals surface area contributed by atoms with E-state index in [1.807, 2.05) is 0 Å². The molecule has 0 saturated heterocycles.